The van der Waals surface area contributed by atoms with Crippen LogP contribution in [0.15, 0.2) is 57.3 Å². The van der Waals surface area contributed by atoms with Gasteiger partial charge in [0, 0.05) is 6.07 Å². The zero-order valence-electron chi connectivity index (χ0n) is 14.8. The van der Waals surface area contributed by atoms with E-state index in [9.17, 15) is 23.3 Å². The number of nitro benzene ring substituents is 1. The predicted molar refractivity (Wildman–Crippen MR) is 106 cm³/mol. The van der Waals surface area contributed by atoms with E-state index in [1.807, 2.05) is 0 Å². The summed E-state index contributed by atoms with van der Waals surface area (Å²) in [4.78, 5) is 25.3. The fraction of sp³-hybridized carbons (Fsp3) is 0.0588. The van der Waals surface area contributed by atoms with Gasteiger partial charge in [0.05, 0.1) is 16.9 Å². The van der Waals surface area contributed by atoms with Gasteiger partial charge in [-0.15, -0.1) is 0 Å². The maximum Gasteiger partial charge on any atom is 0.346 e. The lowest BCUT2D eigenvalue weighted by Gasteiger charge is -2.11. The van der Waals surface area contributed by atoms with Crippen LogP contribution in [0, 0.1) is 10.1 Å². The Morgan fingerprint density at radius 2 is 1.93 bits per heavy atom. The van der Waals surface area contributed by atoms with Gasteiger partial charge in [-0.1, -0.05) is 18.2 Å². The highest BCUT2D eigenvalue weighted by Crippen LogP contribution is 2.34. The number of ether oxygens (including phenoxy) is 1. The van der Waals surface area contributed by atoms with Crippen molar-refractivity contribution in [3.8, 4) is 11.5 Å². The topological polar surface area (TPSA) is 151 Å². The molecule has 2 aromatic carbocycles. The van der Waals surface area contributed by atoms with Crippen LogP contribution < -0.4 is 14.7 Å². The Bertz CT molecular complexity index is 1170. The number of para-hydroxylation sites is 1. The number of nitrogens with zero attached hydrogens (tertiary/aromatic N) is 2. The fourth-order valence-electron chi connectivity index (χ4n) is 2.40. The van der Waals surface area contributed by atoms with Crippen LogP contribution in [-0.2, 0) is 14.9 Å². The lowest BCUT2D eigenvalue weighted by Crippen LogP contribution is -2.12. The van der Waals surface area contributed by atoms with Crippen molar-refractivity contribution in [1.82, 2.24) is 0 Å². The highest BCUT2D eigenvalue weighted by molar-refractivity contribution is 8.18. The number of carbonyl (C=O) groups excluding carboxylic acids is 1. The molecule has 2 N–H and O–H groups in total. The average molecular weight is 435 g/mol. The van der Waals surface area contributed by atoms with Crippen molar-refractivity contribution >= 4 is 44.7 Å². The van der Waals surface area contributed by atoms with Gasteiger partial charge >= 0.3 is 10.1 Å². The predicted octanol–water partition coefficient (Wildman–Crippen LogP) is 2.30. The van der Waals surface area contributed by atoms with Gasteiger partial charge in [0.2, 0.25) is 0 Å². The number of amidine groups is 1. The van der Waals surface area contributed by atoms with E-state index in [4.69, 9.17) is 14.7 Å². The van der Waals surface area contributed by atoms with Gasteiger partial charge in [0.25, 0.3) is 11.6 Å². The van der Waals surface area contributed by atoms with E-state index in [1.165, 1.54) is 43.5 Å². The molecule has 3 rings (SSSR count). The number of aliphatic imine (C=N–C) groups is 1. The number of rotatable bonds is 6. The zero-order valence-corrected chi connectivity index (χ0v) is 16.4. The largest absolute Gasteiger partial charge is 0.493 e. The van der Waals surface area contributed by atoms with Crippen molar-refractivity contribution in [3.05, 3.63) is 63.0 Å². The van der Waals surface area contributed by atoms with Gasteiger partial charge in [-0.25, -0.2) is 0 Å². The van der Waals surface area contributed by atoms with E-state index in [0.717, 1.165) is 23.9 Å². The third-order valence-electron chi connectivity index (χ3n) is 3.65. The molecule has 0 saturated heterocycles. The second-order valence-electron chi connectivity index (χ2n) is 5.54. The molecule has 0 bridgehead atoms. The Hall–Kier alpha value is -3.38. The van der Waals surface area contributed by atoms with Crippen molar-refractivity contribution in [2.75, 3.05) is 7.11 Å². The van der Waals surface area contributed by atoms with Crippen LogP contribution in [0.2, 0.25) is 0 Å². The summed E-state index contributed by atoms with van der Waals surface area (Å²) in [5.74, 6) is -0.606. The summed E-state index contributed by atoms with van der Waals surface area (Å²) in [5.41, 5.74) is 5.40. The van der Waals surface area contributed by atoms with Crippen LogP contribution in [0.4, 0.5) is 5.69 Å². The first-order valence-electron chi connectivity index (χ1n) is 7.85. The molecule has 150 valence electrons. The summed E-state index contributed by atoms with van der Waals surface area (Å²) in [6, 6.07) is 9.07. The maximum absolute atomic E-state index is 12.6. The third-order valence-corrected chi connectivity index (χ3v) is 5.75. The van der Waals surface area contributed by atoms with Crippen molar-refractivity contribution in [2.24, 2.45) is 10.7 Å². The van der Waals surface area contributed by atoms with Gasteiger partial charge in [0.15, 0.2) is 21.6 Å². The molecule has 1 aliphatic heterocycles. The Kier molecular flexibility index (Phi) is 5.57. The molecule has 0 atom stereocenters. The van der Waals surface area contributed by atoms with Crippen LogP contribution in [0.5, 0.6) is 11.5 Å². The molecule has 1 heterocycles. The lowest BCUT2D eigenvalue weighted by atomic mass is 10.2. The summed E-state index contributed by atoms with van der Waals surface area (Å²) in [7, 11) is -3.20. The molecular formula is C17H13N3O7S2. The third kappa shape index (κ3) is 4.38. The Balaban J connectivity index is 1.93. The number of nitrogens with two attached hydrogens (primary N) is 1. The summed E-state index contributed by atoms with van der Waals surface area (Å²) in [6.45, 7) is 0. The van der Waals surface area contributed by atoms with E-state index < -0.39 is 31.5 Å². The van der Waals surface area contributed by atoms with E-state index in [2.05, 4.69) is 4.99 Å². The normalized spacial score (nSPS) is 15.3. The highest BCUT2D eigenvalue weighted by Gasteiger charge is 2.28. The minimum atomic E-state index is -4.50. The number of carbonyl (C=O) groups is 1. The van der Waals surface area contributed by atoms with Crippen LogP contribution in [0.3, 0.4) is 0 Å². The van der Waals surface area contributed by atoms with Gasteiger partial charge in [-0.2, -0.15) is 13.4 Å². The Labute approximate surface area is 169 Å². The summed E-state index contributed by atoms with van der Waals surface area (Å²) >= 11 is 1.01. The molecule has 1 aliphatic rings. The molecule has 0 saturated carbocycles. The average Bonchev–Trinajstić information content (AvgIpc) is 2.99. The molecule has 0 aromatic heterocycles. The standard InChI is InChI=1S/C17H13N3O7S2/c1-26-13-8-10(9-14-16(21)19-17(18)28-14)6-7-12(13)27-29(24,25)15-5-3-2-4-11(15)20(22)23/h2-9H,1H3,(H2,18,19,21)/b14-9+. The Morgan fingerprint density at radius 3 is 2.55 bits per heavy atom. The minimum absolute atomic E-state index is 0.0471. The van der Waals surface area contributed by atoms with E-state index in [0.29, 0.717) is 10.5 Å². The van der Waals surface area contributed by atoms with Crippen molar-refractivity contribution in [1.29, 1.82) is 0 Å². The summed E-state index contributed by atoms with van der Waals surface area (Å²) in [5, 5.41) is 11.2. The van der Waals surface area contributed by atoms with Crippen LogP contribution >= 0.6 is 11.8 Å². The van der Waals surface area contributed by atoms with Crippen LogP contribution in [-0.4, -0.2) is 31.5 Å². The first kappa shape index (κ1) is 20.4. The molecule has 10 nitrogen and oxygen atoms in total. The number of hydrogen-bond donors (Lipinski definition) is 1. The second kappa shape index (κ2) is 7.93. The SMILES string of the molecule is COc1cc(/C=C2/SC(N)=NC2=O)ccc1OS(=O)(=O)c1ccccc1[N+](=O)[O-]. The molecule has 0 aliphatic carbocycles. The first-order chi connectivity index (χ1) is 13.7. The zero-order chi connectivity index (χ0) is 21.2. The fourth-order valence-corrected chi connectivity index (χ4v) is 4.19. The minimum Gasteiger partial charge on any atom is -0.493 e. The molecule has 1 amide bonds. The highest BCUT2D eigenvalue weighted by atomic mass is 32.2. The van der Waals surface area contributed by atoms with Crippen molar-refractivity contribution < 1.29 is 27.1 Å². The van der Waals surface area contributed by atoms with Crippen molar-refractivity contribution in [2.45, 2.75) is 4.90 Å². The molecule has 0 radical (unpaired) electrons. The van der Waals surface area contributed by atoms with Crippen LogP contribution in [0.1, 0.15) is 5.56 Å². The second-order valence-corrected chi connectivity index (χ2v) is 8.12. The number of hydrogen-bond acceptors (Lipinski definition) is 9. The monoisotopic (exact) mass is 435 g/mol. The number of amides is 1. The molecule has 0 fully saturated rings. The molecule has 0 unspecified atom stereocenters. The summed E-state index contributed by atoms with van der Waals surface area (Å²) in [6.07, 6.45) is 1.51. The van der Waals surface area contributed by atoms with E-state index in [1.54, 1.807) is 0 Å². The molecule has 12 heteroatoms. The van der Waals surface area contributed by atoms with E-state index >= 15 is 0 Å². The van der Waals surface area contributed by atoms with Gasteiger partial charge in [0.1, 0.15) is 0 Å². The summed E-state index contributed by atoms with van der Waals surface area (Å²) < 4.78 is 35.4. The quantitative estimate of drug-likeness (QED) is 0.312. The molecule has 2 aromatic rings. The molecular weight excluding hydrogens is 422 g/mol. The van der Waals surface area contributed by atoms with Crippen LogP contribution in [0.25, 0.3) is 6.08 Å². The van der Waals surface area contributed by atoms with Gasteiger partial charge in [-0.05, 0) is 41.6 Å². The smallest absolute Gasteiger partial charge is 0.346 e. The molecule has 29 heavy (non-hydrogen) atoms. The van der Waals surface area contributed by atoms with Gasteiger partial charge < -0.3 is 14.7 Å². The number of benzene rings is 2. The van der Waals surface area contributed by atoms with E-state index in [-0.39, 0.29) is 16.7 Å². The number of nitro groups is 1. The van der Waals surface area contributed by atoms with Crippen molar-refractivity contribution in [3.63, 3.8) is 0 Å². The number of methoxy groups -OCH3 is 1. The Morgan fingerprint density at radius 1 is 1.21 bits per heavy atom. The van der Waals surface area contributed by atoms with Gasteiger partial charge in [-0.3, -0.25) is 14.9 Å². The molecule has 0 spiro atoms. The maximum atomic E-state index is 12.6. The first-order valence-corrected chi connectivity index (χ1v) is 10.1. The number of thioether (sulfide) groups is 1. The lowest BCUT2D eigenvalue weighted by molar-refractivity contribution is -0.387.